The molecule has 0 heterocycles. The number of amides is 2. The van der Waals surface area contributed by atoms with E-state index < -0.39 is 11.7 Å². The number of carbonyl (C=O) groups is 2. The molecule has 0 unspecified atom stereocenters. The third kappa shape index (κ3) is 4.66. The number of carbonyl (C=O) groups excluding carboxylic acids is 2. The first kappa shape index (κ1) is 15.6. The van der Waals surface area contributed by atoms with Gasteiger partial charge < -0.3 is 10.6 Å². The molecule has 0 fully saturated rings. The van der Waals surface area contributed by atoms with Gasteiger partial charge in [-0.25, -0.2) is 8.78 Å². The van der Waals surface area contributed by atoms with Gasteiger partial charge in [0.05, 0.1) is 6.54 Å². The Balaban J connectivity index is 1.76. The molecule has 2 N–H and O–H groups in total. The van der Waals surface area contributed by atoms with Crippen molar-refractivity contribution in [1.82, 2.24) is 10.6 Å². The van der Waals surface area contributed by atoms with Crippen molar-refractivity contribution in [3.8, 4) is 0 Å². The van der Waals surface area contributed by atoms with E-state index in [-0.39, 0.29) is 30.4 Å². The van der Waals surface area contributed by atoms with Crippen molar-refractivity contribution >= 4 is 11.8 Å². The molecule has 0 saturated carbocycles. The molecule has 114 valence electrons. The predicted molar refractivity (Wildman–Crippen MR) is 77.0 cm³/mol. The predicted octanol–water partition coefficient (Wildman–Crippen LogP) is 2.01. The summed E-state index contributed by atoms with van der Waals surface area (Å²) in [5.41, 5.74) is 1.02. The van der Waals surface area contributed by atoms with Crippen molar-refractivity contribution in [1.29, 1.82) is 0 Å². The minimum absolute atomic E-state index is 0.197. The monoisotopic (exact) mass is 304 g/mol. The van der Waals surface area contributed by atoms with Gasteiger partial charge in [0, 0.05) is 12.1 Å². The maximum Gasteiger partial charge on any atom is 0.251 e. The summed E-state index contributed by atoms with van der Waals surface area (Å²) in [6, 6.07) is 10.7. The molecule has 0 atom stereocenters. The van der Waals surface area contributed by atoms with E-state index in [0.29, 0.717) is 0 Å². The van der Waals surface area contributed by atoms with Crippen molar-refractivity contribution < 1.29 is 18.4 Å². The summed E-state index contributed by atoms with van der Waals surface area (Å²) in [5, 5.41) is 5.03. The summed E-state index contributed by atoms with van der Waals surface area (Å²) in [6.07, 6.45) is 0. The number of halogens is 2. The molecule has 2 amide bonds. The van der Waals surface area contributed by atoms with Crippen LogP contribution in [0.3, 0.4) is 0 Å². The maximum atomic E-state index is 12.7. The Kier molecular flexibility index (Phi) is 5.19. The lowest BCUT2D eigenvalue weighted by atomic mass is 10.2. The second kappa shape index (κ2) is 7.31. The lowest BCUT2D eigenvalue weighted by Crippen LogP contribution is -2.36. The van der Waals surface area contributed by atoms with E-state index >= 15 is 0 Å². The topological polar surface area (TPSA) is 58.2 Å². The summed E-state index contributed by atoms with van der Waals surface area (Å²) in [7, 11) is 0. The highest BCUT2D eigenvalue weighted by Crippen LogP contribution is 2.03. The van der Waals surface area contributed by atoms with Crippen molar-refractivity contribution in [2.75, 3.05) is 6.54 Å². The van der Waals surface area contributed by atoms with Gasteiger partial charge in [-0.1, -0.05) is 12.1 Å². The first-order valence-electron chi connectivity index (χ1n) is 6.59. The highest BCUT2D eigenvalue weighted by molar-refractivity contribution is 5.96. The van der Waals surface area contributed by atoms with Crippen LogP contribution in [0, 0.1) is 11.6 Å². The highest BCUT2D eigenvalue weighted by Gasteiger charge is 2.08. The normalized spacial score (nSPS) is 10.1. The first-order valence-corrected chi connectivity index (χ1v) is 6.59. The van der Waals surface area contributed by atoms with Gasteiger partial charge in [0.25, 0.3) is 5.91 Å². The van der Waals surface area contributed by atoms with Gasteiger partial charge in [-0.3, -0.25) is 9.59 Å². The van der Waals surface area contributed by atoms with E-state index in [2.05, 4.69) is 10.6 Å². The van der Waals surface area contributed by atoms with Gasteiger partial charge in [-0.05, 0) is 42.0 Å². The summed E-state index contributed by atoms with van der Waals surface area (Å²) in [6.45, 7) is 0.0446. The van der Waals surface area contributed by atoms with Gasteiger partial charge in [-0.15, -0.1) is 0 Å². The average Bonchev–Trinajstić information content (AvgIpc) is 2.52. The van der Waals surface area contributed by atoms with E-state index in [1.165, 1.54) is 36.4 Å². The first-order chi connectivity index (χ1) is 10.5. The Morgan fingerprint density at radius 3 is 1.95 bits per heavy atom. The molecule has 4 nitrogen and oxygen atoms in total. The molecule has 0 aliphatic rings. The van der Waals surface area contributed by atoms with E-state index in [0.717, 1.165) is 5.56 Å². The van der Waals surface area contributed by atoms with Crippen LogP contribution in [0.1, 0.15) is 15.9 Å². The Morgan fingerprint density at radius 2 is 1.36 bits per heavy atom. The third-order valence-electron chi connectivity index (χ3n) is 2.92. The van der Waals surface area contributed by atoms with Crippen LogP contribution in [-0.2, 0) is 11.3 Å². The molecule has 0 radical (unpaired) electrons. The van der Waals surface area contributed by atoms with Crippen molar-refractivity contribution in [3.05, 3.63) is 71.3 Å². The smallest absolute Gasteiger partial charge is 0.251 e. The molecule has 0 aliphatic carbocycles. The number of benzene rings is 2. The average molecular weight is 304 g/mol. The van der Waals surface area contributed by atoms with E-state index in [9.17, 15) is 18.4 Å². The lowest BCUT2D eigenvalue weighted by molar-refractivity contribution is -0.120. The molecule has 2 aromatic rings. The fourth-order valence-electron chi connectivity index (χ4n) is 1.73. The molecule has 0 spiro atoms. The van der Waals surface area contributed by atoms with Crippen molar-refractivity contribution in [3.63, 3.8) is 0 Å². The Hall–Kier alpha value is -2.76. The quantitative estimate of drug-likeness (QED) is 0.888. The Bertz CT molecular complexity index is 655. The standard InChI is InChI=1S/C16H14F2N2O2/c17-13-5-1-11(2-6-13)9-19-15(21)10-20-16(22)12-3-7-14(18)8-4-12/h1-8H,9-10H2,(H,19,21)(H,20,22). The second-order valence-electron chi connectivity index (χ2n) is 4.59. The molecule has 0 bridgehead atoms. The van der Waals surface area contributed by atoms with E-state index in [1.54, 1.807) is 12.1 Å². The van der Waals surface area contributed by atoms with Gasteiger partial charge in [0.15, 0.2) is 0 Å². The van der Waals surface area contributed by atoms with Crippen LogP contribution in [0.5, 0.6) is 0 Å². The molecule has 2 rings (SSSR count). The SMILES string of the molecule is O=C(CNC(=O)c1ccc(F)cc1)NCc1ccc(F)cc1. The van der Waals surface area contributed by atoms with E-state index in [1.807, 2.05) is 0 Å². The number of hydrogen-bond acceptors (Lipinski definition) is 2. The summed E-state index contributed by atoms with van der Waals surface area (Å²) in [5.74, 6) is -1.62. The Morgan fingerprint density at radius 1 is 0.818 bits per heavy atom. The summed E-state index contributed by atoms with van der Waals surface area (Å²) < 4.78 is 25.5. The molecule has 0 aromatic heterocycles. The molecule has 2 aromatic carbocycles. The van der Waals surface area contributed by atoms with Gasteiger partial charge in [-0.2, -0.15) is 0 Å². The van der Waals surface area contributed by atoms with Crippen LogP contribution >= 0.6 is 0 Å². The number of rotatable bonds is 5. The third-order valence-corrected chi connectivity index (χ3v) is 2.92. The van der Waals surface area contributed by atoms with E-state index in [4.69, 9.17) is 0 Å². The van der Waals surface area contributed by atoms with Gasteiger partial charge in [0.1, 0.15) is 11.6 Å². The minimum Gasteiger partial charge on any atom is -0.350 e. The fraction of sp³-hybridized carbons (Fsp3) is 0.125. The number of hydrogen-bond donors (Lipinski definition) is 2. The van der Waals surface area contributed by atoms with Crippen molar-refractivity contribution in [2.45, 2.75) is 6.54 Å². The largest absolute Gasteiger partial charge is 0.350 e. The molecular weight excluding hydrogens is 290 g/mol. The van der Waals surface area contributed by atoms with Crippen LogP contribution in [0.25, 0.3) is 0 Å². The summed E-state index contributed by atoms with van der Waals surface area (Å²) >= 11 is 0. The minimum atomic E-state index is -0.461. The summed E-state index contributed by atoms with van der Waals surface area (Å²) in [4.78, 5) is 23.3. The maximum absolute atomic E-state index is 12.7. The van der Waals surface area contributed by atoms with Crippen LogP contribution in [-0.4, -0.2) is 18.4 Å². The zero-order chi connectivity index (χ0) is 15.9. The second-order valence-corrected chi connectivity index (χ2v) is 4.59. The molecule has 0 saturated heterocycles. The fourth-order valence-corrected chi connectivity index (χ4v) is 1.73. The van der Waals surface area contributed by atoms with Gasteiger partial charge >= 0.3 is 0 Å². The Labute approximate surface area is 126 Å². The molecule has 6 heteroatoms. The lowest BCUT2D eigenvalue weighted by Gasteiger charge is -2.07. The van der Waals surface area contributed by atoms with Crippen LogP contribution in [0.15, 0.2) is 48.5 Å². The molecule has 22 heavy (non-hydrogen) atoms. The zero-order valence-electron chi connectivity index (χ0n) is 11.6. The highest BCUT2D eigenvalue weighted by atomic mass is 19.1. The van der Waals surface area contributed by atoms with Crippen LogP contribution in [0.4, 0.5) is 8.78 Å². The van der Waals surface area contributed by atoms with Crippen LogP contribution < -0.4 is 10.6 Å². The molecule has 0 aliphatic heterocycles. The van der Waals surface area contributed by atoms with Crippen LogP contribution in [0.2, 0.25) is 0 Å². The van der Waals surface area contributed by atoms with Gasteiger partial charge in [0.2, 0.25) is 5.91 Å². The molecular formula is C16H14F2N2O2. The zero-order valence-corrected chi connectivity index (χ0v) is 11.6. The van der Waals surface area contributed by atoms with Crippen molar-refractivity contribution in [2.24, 2.45) is 0 Å². The number of nitrogens with one attached hydrogen (secondary N) is 2.